The zero-order valence-corrected chi connectivity index (χ0v) is 22.4. The van der Waals surface area contributed by atoms with Crippen molar-refractivity contribution in [3.8, 4) is 11.1 Å². The van der Waals surface area contributed by atoms with Gasteiger partial charge in [0, 0.05) is 23.0 Å². The first-order chi connectivity index (χ1) is 15.5. The van der Waals surface area contributed by atoms with Gasteiger partial charge in [0.2, 0.25) is 0 Å². The fourth-order valence-corrected chi connectivity index (χ4v) is 4.00. The van der Waals surface area contributed by atoms with E-state index in [9.17, 15) is 9.59 Å². The van der Waals surface area contributed by atoms with Crippen LogP contribution >= 0.6 is 34.5 Å². The van der Waals surface area contributed by atoms with Crippen LogP contribution in [0.2, 0.25) is 5.02 Å². The summed E-state index contributed by atoms with van der Waals surface area (Å²) in [5.74, 6) is -0.321. The van der Waals surface area contributed by atoms with Crippen molar-refractivity contribution in [2.75, 3.05) is 12.4 Å². The molecule has 1 aromatic carbocycles. The SMILES string of the molecule is CC/C=C\C=C(/C)CC(Cl)C=O.CNc1scc(-c2ccc(Cl)cc2)c1C(=O)OC(C)(C)C. The lowest BCUT2D eigenvalue weighted by molar-refractivity contribution is -0.107. The summed E-state index contributed by atoms with van der Waals surface area (Å²) in [5, 5.41) is 6.10. The summed E-state index contributed by atoms with van der Waals surface area (Å²) in [4.78, 5) is 22.7. The maximum atomic E-state index is 12.5. The number of carbonyl (C=O) groups is 2. The number of esters is 1. The van der Waals surface area contributed by atoms with Crippen molar-refractivity contribution in [2.24, 2.45) is 0 Å². The number of halogens is 2. The zero-order valence-electron chi connectivity index (χ0n) is 20.1. The van der Waals surface area contributed by atoms with E-state index < -0.39 is 5.60 Å². The average Bonchev–Trinajstić information content (AvgIpc) is 3.18. The van der Waals surface area contributed by atoms with Crippen LogP contribution in [-0.2, 0) is 9.53 Å². The average molecular weight is 511 g/mol. The number of ether oxygens (including phenoxy) is 1. The summed E-state index contributed by atoms with van der Waals surface area (Å²) in [6.45, 7) is 9.63. The maximum Gasteiger partial charge on any atom is 0.342 e. The van der Waals surface area contributed by atoms with Gasteiger partial charge in [-0.15, -0.1) is 22.9 Å². The fraction of sp³-hybridized carbons (Fsp3) is 0.385. The standard InChI is InChI=1S/C16H18ClNO2S.C10H15ClO/c1-16(2,3)20-15(19)13-12(9-21-14(13)18-4)10-5-7-11(17)8-6-10;1-3-4-5-6-9(2)7-10(11)8-12/h5-9,18H,1-4H3;4-6,8,10H,3,7H2,1-2H3/b;5-4-,9-6+. The maximum absolute atomic E-state index is 12.5. The fourth-order valence-electron chi connectivity index (χ4n) is 2.71. The Labute approximate surface area is 211 Å². The minimum Gasteiger partial charge on any atom is -0.456 e. The van der Waals surface area contributed by atoms with Crippen LogP contribution in [0, 0.1) is 0 Å². The predicted octanol–water partition coefficient (Wildman–Crippen LogP) is 8.16. The molecule has 0 saturated heterocycles. The van der Waals surface area contributed by atoms with Crippen LogP contribution in [0.4, 0.5) is 5.00 Å². The Bertz CT molecular complexity index is 957. The predicted molar refractivity (Wildman–Crippen MR) is 143 cm³/mol. The molecule has 1 heterocycles. The van der Waals surface area contributed by atoms with Crippen LogP contribution in [0.25, 0.3) is 11.1 Å². The van der Waals surface area contributed by atoms with Crippen molar-refractivity contribution < 1.29 is 14.3 Å². The molecule has 0 aliphatic heterocycles. The highest BCUT2D eigenvalue weighted by Crippen LogP contribution is 2.37. The van der Waals surface area contributed by atoms with Gasteiger partial charge < -0.3 is 14.8 Å². The van der Waals surface area contributed by atoms with Crippen molar-refractivity contribution in [3.05, 3.63) is 64.0 Å². The summed E-state index contributed by atoms with van der Waals surface area (Å²) < 4.78 is 5.51. The lowest BCUT2D eigenvalue weighted by Crippen LogP contribution is -2.24. The first kappa shape index (κ1) is 29.0. The quantitative estimate of drug-likeness (QED) is 0.168. The lowest BCUT2D eigenvalue weighted by Gasteiger charge is -2.20. The molecule has 2 aromatic rings. The van der Waals surface area contributed by atoms with E-state index in [4.69, 9.17) is 27.9 Å². The van der Waals surface area contributed by atoms with E-state index in [2.05, 4.69) is 18.3 Å². The van der Waals surface area contributed by atoms with Gasteiger partial charge in [-0.2, -0.15) is 0 Å². The zero-order chi connectivity index (χ0) is 25.0. The second kappa shape index (κ2) is 14.2. The summed E-state index contributed by atoms with van der Waals surface area (Å²) in [7, 11) is 1.80. The van der Waals surface area contributed by atoms with Gasteiger partial charge in [-0.1, -0.05) is 54.5 Å². The summed E-state index contributed by atoms with van der Waals surface area (Å²) >= 11 is 13.0. The molecule has 1 atom stereocenters. The highest BCUT2D eigenvalue weighted by molar-refractivity contribution is 7.15. The molecular formula is C26H33Cl2NO3S. The smallest absolute Gasteiger partial charge is 0.342 e. The molecule has 1 unspecified atom stereocenters. The molecular weight excluding hydrogens is 477 g/mol. The number of hydrogen-bond donors (Lipinski definition) is 1. The van der Waals surface area contributed by atoms with E-state index in [0.29, 0.717) is 17.0 Å². The van der Waals surface area contributed by atoms with Crippen LogP contribution in [0.15, 0.2) is 53.4 Å². The third-order valence-electron chi connectivity index (χ3n) is 4.19. The molecule has 0 amide bonds. The van der Waals surface area contributed by atoms with E-state index in [0.717, 1.165) is 34.4 Å². The van der Waals surface area contributed by atoms with Gasteiger partial charge in [0.1, 0.15) is 22.5 Å². The highest BCUT2D eigenvalue weighted by atomic mass is 35.5. The van der Waals surface area contributed by atoms with E-state index >= 15 is 0 Å². The summed E-state index contributed by atoms with van der Waals surface area (Å²) in [6, 6.07) is 7.42. The molecule has 180 valence electrons. The largest absolute Gasteiger partial charge is 0.456 e. The van der Waals surface area contributed by atoms with Gasteiger partial charge in [-0.3, -0.25) is 0 Å². The van der Waals surface area contributed by atoms with Gasteiger partial charge in [0.25, 0.3) is 0 Å². The number of nitrogens with one attached hydrogen (secondary N) is 1. The second-order valence-corrected chi connectivity index (χ2v) is 10.2. The Morgan fingerprint density at radius 1 is 1.24 bits per heavy atom. The monoisotopic (exact) mass is 509 g/mol. The van der Waals surface area contributed by atoms with Crippen molar-refractivity contribution in [1.82, 2.24) is 0 Å². The number of anilines is 1. The molecule has 1 aromatic heterocycles. The van der Waals surface area contributed by atoms with E-state index in [1.807, 2.05) is 69.5 Å². The molecule has 0 saturated carbocycles. The van der Waals surface area contributed by atoms with Gasteiger partial charge >= 0.3 is 5.97 Å². The van der Waals surface area contributed by atoms with E-state index in [-0.39, 0.29) is 11.3 Å². The number of rotatable bonds is 8. The highest BCUT2D eigenvalue weighted by Gasteiger charge is 2.25. The van der Waals surface area contributed by atoms with E-state index in [1.54, 1.807) is 7.05 Å². The molecule has 1 N–H and O–H groups in total. The number of allylic oxidation sites excluding steroid dienone is 4. The van der Waals surface area contributed by atoms with Gasteiger partial charge in [0.05, 0.1) is 5.38 Å². The van der Waals surface area contributed by atoms with Crippen LogP contribution in [-0.4, -0.2) is 30.3 Å². The summed E-state index contributed by atoms with van der Waals surface area (Å²) in [6.07, 6.45) is 8.48. The van der Waals surface area contributed by atoms with Crippen LogP contribution in [0.5, 0.6) is 0 Å². The first-order valence-corrected chi connectivity index (χ1v) is 12.4. The number of hydrogen-bond acceptors (Lipinski definition) is 5. The van der Waals surface area contributed by atoms with Crippen molar-refractivity contribution in [3.63, 3.8) is 0 Å². The second-order valence-electron chi connectivity index (χ2n) is 8.32. The van der Waals surface area contributed by atoms with Crippen LogP contribution < -0.4 is 5.32 Å². The molecule has 4 nitrogen and oxygen atoms in total. The normalized spacial score (nSPS) is 12.7. The number of alkyl halides is 1. The Kier molecular flexibility index (Phi) is 12.5. The molecule has 0 bridgehead atoms. The Hall–Kier alpha value is -2.08. The molecule has 0 radical (unpaired) electrons. The minimum absolute atomic E-state index is 0.321. The van der Waals surface area contributed by atoms with Gasteiger partial charge in [0.15, 0.2) is 0 Å². The molecule has 0 fully saturated rings. The van der Waals surface area contributed by atoms with Crippen molar-refractivity contribution >= 4 is 51.8 Å². The number of thiophene rings is 1. The van der Waals surface area contributed by atoms with Crippen molar-refractivity contribution in [1.29, 1.82) is 0 Å². The van der Waals surface area contributed by atoms with Crippen LogP contribution in [0.1, 0.15) is 57.8 Å². The summed E-state index contributed by atoms with van der Waals surface area (Å²) in [5.41, 5.74) is 2.97. The van der Waals surface area contributed by atoms with Crippen molar-refractivity contribution in [2.45, 2.75) is 58.4 Å². The number of benzene rings is 1. The van der Waals surface area contributed by atoms with Gasteiger partial charge in [-0.05, 0) is 58.2 Å². The molecule has 33 heavy (non-hydrogen) atoms. The molecule has 2 rings (SSSR count). The lowest BCUT2D eigenvalue weighted by atomic mass is 10.0. The molecule has 0 aliphatic carbocycles. The third-order valence-corrected chi connectivity index (χ3v) is 5.70. The Morgan fingerprint density at radius 2 is 1.88 bits per heavy atom. The Balaban J connectivity index is 0.000000389. The Morgan fingerprint density at radius 3 is 2.39 bits per heavy atom. The molecule has 0 aliphatic rings. The van der Waals surface area contributed by atoms with E-state index in [1.165, 1.54) is 11.3 Å². The third kappa shape index (κ3) is 10.6. The topological polar surface area (TPSA) is 55.4 Å². The molecule has 7 heteroatoms. The first-order valence-electron chi connectivity index (χ1n) is 10.7. The van der Waals surface area contributed by atoms with Gasteiger partial charge in [-0.25, -0.2) is 4.79 Å². The number of aldehydes is 1. The molecule has 0 spiro atoms. The van der Waals surface area contributed by atoms with Crippen LogP contribution in [0.3, 0.4) is 0 Å². The number of carbonyl (C=O) groups excluding carboxylic acids is 2. The minimum atomic E-state index is -0.526.